The van der Waals surface area contributed by atoms with E-state index in [0.717, 1.165) is 35.4 Å². The third kappa shape index (κ3) is 3.29. The minimum absolute atomic E-state index is 0.0854. The molecule has 2 N–H and O–H groups in total. The number of fused-ring (bicyclic) bond motifs is 1. The van der Waals surface area contributed by atoms with E-state index in [-0.39, 0.29) is 5.91 Å². The molecule has 0 unspecified atom stereocenters. The highest BCUT2D eigenvalue weighted by atomic mass is 16.1. The van der Waals surface area contributed by atoms with Gasteiger partial charge in [-0.3, -0.25) is 4.79 Å². The lowest BCUT2D eigenvalue weighted by atomic mass is 10.1. The Kier molecular flexibility index (Phi) is 4.37. The summed E-state index contributed by atoms with van der Waals surface area (Å²) in [6.07, 6.45) is 4.27. The van der Waals surface area contributed by atoms with Crippen molar-refractivity contribution in [1.82, 2.24) is 15.3 Å². The van der Waals surface area contributed by atoms with E-state index >= 15 is 0 Å². The first-order valence-corrected chi connectivity index (χ1v) is 9.18. The summed E-state index contributed by atoms with van der Waals surface area (Å²) < 4.78 is 0. The summed E-state index contributed by atoms with van der Waals surface area (Å²) in [5.74, 6) is 0.920. The second-order valence-corrected chi connectivity index (χ2v) is 7.13. The molecule has 0 saturated carbocycles. The number of anilines is 1. The quantitative estimate of drug-likeness (QED) is 0.755. The van der Waals surface area contributed by atoms with Crippen molar-refractivity contribution in [2.24, 2.45) is 0 Å². The number of pyridine rings is 1. The van der Waals surface area contributed by atoms with Crippen molar-refractivity contribution in [2.75, 3.05) is 18.0 Å². The summed E-state index contributed by atoms with van der Waals surface area (Å²) in [5, 5.41) is 4.11. The van der Waals surface area contributed by atoms with Crippen LogP contribution >= 0.6 is 0 Å². The molecule has 0 bridgehead atoms. The van der Waals surface area contributed by atoms with Gasteiger partial charge < -0.3 is 15.2 Å². The van der Waals surface area contributed by atoms with Gasteiger partial charge in [0.15, 0.2) is 0 Å². The van der Waals surface area contributed by atoms with Gasteiger partial charge in [0.2, 0.25) is 0 Å². The van der Waals surface area contributed by atoms with Crippen LogP contribution in [0.15, 0.2) is 36.5 Å². The van der Waals surface area contributed by atoms with Crippen molar-refractivity contribution < 1.29 is 4.79 Å². The van der Waals surface area contributed by atoms with Gasteiger partial charge in [0, 0.05) is 36.7 Å². The van der Waals surface area contributed by atoms with Gasteiger partial charge in [0.1, 0.15) is 11.5 Å². The normalized spacial score (nSPS) is 14.2. The highest BCUT2D eigenvalue weighted by Gasteiger charge is 2.14. The summed E-state index contributed by atoms with van der Waals surface area (Å²) in [6, 6.07) is 10.2. The van der Waals surface area contributed by atoms with E-state index in [4.69, 9.17) is 0 Å². The fourth-order valence-corrected chi connectivity index (χ4v) is 3.69. The van der Waals surface area contributed by atoms with Crippen LogP contribution in [0, 0.1) is 13.8 Å². The van der Waals surface area contributed by atoms with Crippen LogP contribution in [0.4, 0.5) is 5.82 Å². The molecule has 4 rings (SSSR count). The highest BCUT2D eigenvalue weighted by molar-refractivity contribution is 5.98. The van der Waals surface area contributed by atoms with Crippen molar-refractivity contribution >= 4 is 22.6 Å². The van der Waals surface area contributed by atoms with Crippen LogP contribution in [0.1, 0.15) is 40.0 Å². The average molecular weight is 348 g/mol. The van der Waals surface area contributed by atoms with E-state index < -0.39 is 0 Å². The molecule has 1 saturated heterocycles. The van der Waals surface area contributed by atoms with Gasteiger partial charge in [0.05, 0.1) is 0 Å². The van der Waals surface area contributed by atoms with Crippen LogP contribution in [0.5, 0.6) is 0 Å². The lowest BCUT2D eigenvalue weighted by Gasteiger charge is -2.16. The molecule has 5 heteroatoms. The Hall–Kier alpha value is -2.82. The van der Waals surface area contributed by atoms with Crippen LogP contribution in [-0.2, 0) is 6.54 Å². The maximum absolute atomic E-state index is 12.6. The average Bonchev–Trinajstić information content (AvgIpc) is 3.29. The van der Waals surface area contributed by atoms with E-state index in [1.165, 1.54) is 24.0 Å². The topological polar surface area (TPSA) is 61.0 Å². The molecule has 0 radical (unpaired) electrons. The number of benzene rings is 1. The van der Waals surface area contributed by atoms with Crippen LogP contribution in [0.25, 0.3) is 10.9 Å². The van der Waals surface area contributed by atoms with Crippen molar-refractivity contribution in [1.29, 1.82) is 0 Å². The second kappa shape index (κ2) is 6.83. The number of hydrogen-bond acceptors (Lipinski definition) is 3. The first-order valence-electron chi connectivity index (χ1n) is 9.18. The Labute approximate surface area is 153 Å². The van der Waals surface area contributed by atoms with Gasteiger partial charge in [-0.05, 0) is 67.6 Å². The number of nitrogens with zero attached hydrogens (tertiary/aromatic N) is 2. The zero-order chi connectivity index (χ0) is 18.1. The molecule has 5 nitrogen and oxygen atoms in total. The van der Waals surface area contributed by atoms with Crippen molar-refractivity contribution in [2.45, 2.75) is 33.2 Å². The molecule has 1 aromatic carbocycles. The Morgan fingerprint density at radius 3 is 2.81 bits per heavy atom. The van der Waals surface area contributed by atoms with Crippen LogP contribution in [0.3, 0.4) is 0 Å². The first kappa shape index (κ1) is 16.6. The Bertz CT molecular complexity index is 954. The number of aromatic nitrogens is 2. The number of nitrogens with one attached hydrogen (secondary N) is 2. The maximum Gasteiger partial charge on any atom is 0.267 e. The van der Waals surface area contributed by atoms with E-state index in [1.807, 2.05) is 18.3 Å². The van der Waals surface area contributed by atoms with Crippen LogP contribution < -0.4 is 10.2 Å². The molecule has 3 heterocycles. The molecule has 2 aromatic heterocycles. The fraction of sp³-hybridized carbons (Fsp3) is 0.333. The summed E-state index contributed by atoms with van der Waals surface area (Å²) in [4.78, 5) is 22.6. The number of rotatable bonds is 4. The molecule has 0 atom stereocenters. The van der Waals surface area contributed by atoms with Gasteiger partial charge in [-0.15, -0.1) is 0 Å². The monoisotopic (exact) mass is 348 g/mol. The fourth-order valence-electron chi connectivity index (χ4n) is 3.69. The molecule has 3 aromatic rings. The van der Waals surface area contributed by atoms with Gasteiger partial charge in [0.25, 0.3) is 5.91 Å². The molecule has 1 aliphatic rings. The lowest BCUT2D eigenvalue weighted by Crippen LogP contribution is -2.24. The minimum atomic E-state index is -0.0854. The standard InChI is InChI=1S/C21H24N4O/c1-14-9-15(2)17-12-19(24-18(17)10-14)21(26)23-13-16-5-6-22-20(11-16)25-7-3-4-8-25/h5-6,9-12,24H,3-4,7-8,13H2,1-2H3,(H,23,26). The third-order valence-electron chi connectivity index (χ3n) is 5.03. The lowest BCUT2D eigenvalue weighted by molar-refractivity contribution is 0.0946. The van der Waals surface area contributed by atoms with Gasteiger partial charge in [-0.2, -0.15) is 0 Å². The Morgan fingerprint density at radius 2 is 2.00 bits per heavy atom. The van der Waals surface area contributed by atoms with Crippen molar-refractivity contribution in [3.05, 3.63) is 58.9 Å². The van der Waals surface area contributed by atoms with Gasteiger partial charge in [-0.1, -0.05) is 6.07 Å². The van der Waals surface area contributed by atoms with Crippen molar-refractivity contribution in [3.8, 4) is 0 Å². The molecule has 0 aliphatic carbocycles. The first-order chi connectivity index (χ1) is 12.6. The predicted molar refractivity (Wildman–Crippen MR) is 105 cm³/mol. The summed E-state index contributed by atoms with van der Waals surface area (Å²) in [6.45, 7) is 6.76. The van der Waals surface area contributed by atoms with E-state index in [1.54, 1.807) is 0 Å². The van der Waals surface area contributed by atoms with Gasteiger partial charge in [-0.25, -0.2) is 4.98 Å². The smallest absolute Gasteiger partial charge is 0.267 e. The minimum Gasteiger partial charge on any atom is -0.357 e. The zero-order valence-electron chi connectivity index (χ0n) is 15.3. The molecule has 1 aliphatic heterocycles. The molecule has 134 valence electrons. The van der Waals surface area contributed by atoms with Crippen LogP contribution in [-0.4, -0.2) is 29.0 Å². The van der Waals surface area contributed by atoms with E-state index in [9.17, 15) is 4.79 Å². The molecule has 1 amide bonds. The van der Waals surface area contributed by atoms with Crippen molar-refractivity contribution in [3.63, 3.8) is 0 Å². The molecule has 1 fully saturated rings. The van der Waals surface area contributed by atoms with Crippen LogP contribution in [0.2, 0.25) is 0 Å². The number of aryl methyl sites for hydroxylation is 2. The number of aromatic amines is 1. The third-order valence-corrected chi connectivity index (χ3v) is 5.03. The van der Waals surface area contributed by atoms with E-state index in [2.05, 4.69) is 52.2 Å². The predicted octanol–water partition coefficient (Wildman–Crippen LogP) is 3.71. The largest absolute Gasteiger partial charge is 0.357 e. The van der Waals surface area contributed by atoms with E-state index in [0.29, 0.717) is 12.2 Å². The Balaban J connectivity index is 1.47. The number of hydrogen-bond donors (Lipinski definition) is 2. The number of amides is 1. The SMILES string of the molecule is Cc1cc(C)c2cc(C(=O)NCc3ccnc(N4CCCC4)c3)[nH]c2c1. The summed E-state index contributed by atoms with van der Waals surface area (Å²) in [7, 11) is 0. The molecular weight excluding hydrogens is 324 g/mol. The molecule has 26 heavy (non-hydrogen) atoms. The maximum atomic E-state index is 12.6. The van der Waals surface area contributed by atoms with Gasteiger partial charge >= 0.3 is 0 Å². The number of H-pyrrole nitrogens is 1. The Morgan fingerprint density at radius 1 is 1.19 bits per heavy atom. The highest BCUT2D eigenvalue weighted by Crippen LogP contribution is 2.22. The molecule has 0 spiro atoms. The zero-order valence-corrected chi connectivity index (χ0v) is 15.3. The summed E-state index contributed by atoms with van der Waals surface area (Å²) in [5.41, 5.74) is 5.04. The second-order valence-electron chi connectivity index (χ2n) is 7.13. The number of carbonyl (C=O) groups is 1. The number of carbonyl (C=O) groups excluding carboxylic acids is 1. The summed E-state index contributed by atoms with van der Waals surface area (Å²) >= 11 is 0. The molecular formula is C21H24N4O.